The molecule has 2 heterocycles. The van der Waals surface area contributed by atoms with Gasteiger partial charge in [0.2, 0.25) is 0 Å². The second-order valence-electron chi connectivity index (χ2n) is 6.56. The average Bonchev–Trinajstić information content (AvgIpc) is 3.21. The van der Waals surface area contributed by atoms with Gasteiger partial charge < -0.3 is 15.4 Å². The number of hydrogen-bond donors (Lipinski definition) is 2. The lowest BCUT2D eigenvalue weighted by Crippen LogP contribution is -2.26. The molecule has 1 atom stereocenters. The molecule has 1 saturated heterocycles. The van der Waals surface area contributed by atoms with Crippen molar-refractivity contribution in [2.45, 2.75) is 25.5 Å². The van der Waals surface area contributed by atoms with E-state index in [4.69, 9.17) is 4.74 Å². The third kappa shape index (κ3) is 4.28. The highest BCUT2D eigenvalue weighted by atomic mass is 79.9. The number of rotatable bonds is 5. The predicted octanol–water partition coefficient (Wildman–Crippen LogP) is 4.73. The second kappa shape index (κ2) is 8.06. The van der Waals surface area contributed by atoms with Gasteiger partial charge >= 0.3 is 0 Å². The minimum atomic E-state index is -0.325. The van der Waals surface area contributed by atoms with Crippen molar-refractivity contribution in [3.63, 3.8) is 0 Å². The topological polar surface area (TPSA) is 63.2 Å². The molecular weight excluding hydrogens is 406 g/mol. The molecule has 1 aromatic heterocycles. The normalized spacial score (nSPS) is 16.4. The molecule has 3 aromatic rings. The van der Waals surface area contributed by atoms with Gasteiger partial charge in [-0.05, 0) is 54.8 Å². The first kappa shape index (κ1) is 17.9. The van der Waals surface area contributed by atoms with Gasteiger partial charge in [0.1, 0.15) is 6.10 Å². The Morgan fingerprint density at radius 1 is 1.22 bits per heavy atom. The van der Waals surface area contributed by atoms with Gasteiger partial charge in [-0.15, -0.1) is 0 Å². The Bertz CT molecular complexity index is 971. The van der Waals surface area contributed by atoms with E-state index in [0.717, 1.165) is 45.2 Å². The van der Waals surface area contributed by atoms with Crippen molar-refractivity contribution in [3.8, 4) is 0 Å². The predicted molar refractivity (Wildman–Crippen MR) is 111 cm³/mol. The van der Waals surface area contributed by atoms with Gasteiger partial charge in [-0.3, -0.25) is 9.78 Å². The van der Waals surface area contributed by atoms with Gasteiger partial charge in [0.15, 0.2) is 0 Å². The molecule has 0 spiro atoms. The Kier molecular flexibility index (Phi) is 5.36. The summed E-state index contributed by atoms with van der Waals surface area (Å²) in [4.78, 5) is 16.6. The Labute approximate surface area is 166 Å². The molecular formula is C21H20BrN3O2. The van der Waals surface area contributed by atoms with Crippen LogP contribution in [0.3, 0.4) is 0 Å². The number of carbonyl (C=O) groups is 1. The molecule has 1 aliphatic heterocycles. The Morgan fingerprint density at radius 3 is 3.00 bits per heavy atom. The molecule has 1 fully saturated rings. The van der Waals surface area contributed by atoms with Crippen LogP contribution in [-0.2, 0) is 16.1 Å². The molecule has 5 nitrogen and oxygen atoms in total. The maximum absolute atomic E-state index is 12.2. The van der Waals surface area contributed by atoms with Gasteiger partial charge in [0.25, 0.3) is 5.91 Å². The van der Waals surface area contributed by atoms with Crippen LogP contribution in [0.2, 0.25) is 0 Å². The number of nitrogens with zero attached hydrogens (tertiary/aromatic N) is 1. The van der Waals surface area contributed by atoms with Crippen LogP contribution in [-0.4, -0.2) is 23.6 Å². The van der Waals surface area contributed by atoms with Crippen LogP contribution in [0.15, 0.2) is 59.2 Å². The SMILES string of the molecule is O=C(Nc1cccc(CNc2ccnc3cc(Br)ccc23)c1)C1CCCO1. The quantitative estimate of drug-likeness (QED) is 0.620. The van der Waals surface area contributed by atoms with Crippen molar-refractivity contribution in [2.24, 2.45) is 0 Å². The fourth-order valence-electron chi connectivity index (χ4n) is 3.24. The molecule has 0 radical (unpaired) electrons. The first-order chi connectivity index (χ1) is 13.2. The standard InChI is InChI=1S/C21H20BrN3O2/c22-15-6-7-17-18(8-9-23-19(17)12-15)24-13-14-3-1-4-16(11-14)25-21(26)20-5-2-10-27-20/h1,3-4,6-9,11-12,20H,2,5,10,13H2,(H,23,24)(H,25,26). The molecule has 0 bridgehead atoms. The van der Waals surface area contributed by atoms with Crippen LogP contribution in [0.5, 0.6) is 0 Å². The smallest absolute Gasteiger partial charge is 0.253 e. The average molecular weight is 426 g/mol. The third-order valence-electron chi connectivity index (χ3n) is 4.60. The summed E-state index contributed by atoms with van der Waals surface area (Å²) < 4.78 is 6.45. The van der Waals surface area contributed by atoms with Crippen LogP contribution in [0.25, 0.3) is 10.9 Å². The fraction of sp³-hybridized carbons (Fsp3) is 0.238. The minimum absolute atomic E-state index is 0.0664. The van der Waals surface area contributed by atoms with E-state index in [9.17, 15) is 4.79 Å². The van der Waals surface area contributed by atoms with E-state index in [1.807, 2.05) is 48.5 Å². The van der Waals surface area contributed by atoms with Crippen molar-refractivity contribution in [1.29, 1.82) is 0 Å². The van der Waals surface area contributed by atoms with E-state index < -0.39 is 0 Å². The molecule has 1 aliphatic rings. The molecule has 1 amide bonds. The molecule has 27 heavy (non-hydrogen) atoms. The first-order valence-corrected chi connectivity index (χ1v) is 9.78. The Morgan fingerprint density at radius 2 is 2.15 bits per heavy atom. The van der Waals surface area contributed by atoms with Crippen molar-refractivity contribution in [2.75, 3.05) is 17.2 Å². The summed E-state index contributed by atoms with van der Waals surface area (Å²) in [5, 5.41) is 7.49. The molecule has 6 heteroatoms. The highest BCUT2D eigenvalue weighted by Crippen LogP contribution is 2.25. The highest BCUT2D eigenvalue weighted by molar-refractivity contribution is 9.10. The van der Waals surface area contributed by atoms with Crippen LogP contribution < -0.4 is 10.6 Å². The molecule has 2 N–H and O–H groups in total. The summed E-state index contributed by atoms with van der Waals surface area (Å²) >= 11 is 3.48. The van der Waals surface area contributed by atoms with E-state index in [-0.39, 0.29) is 12.0 Å². The summed E-state index contributed by atoms with van der Waals surface area (Å²) in [6, 6.07) is 15.9. The number of fused-ring (bicyclic) bond motifs is 1. The molecule has 4 rings (SSSR count). The first-order valence-electron chi connectivity index (χ1n) is 8.98. The lowest BCUT2D eigenvalue weighted by Gasteiger charge is -2.13. The Balaban J connectivity index is 1.45. The van der Waals surface area contributed by atoms with Crippen molar-refractivity contribution >= 4 is 44.1 Å². The molecule has 138 valence electrons. The molecule has 0 saturated carbocycles. The van der Waals surface area contributed by atoms with Gasteiger partial charge in [-0.1, -0.05) is 28.1 Å². The number of carbonyl (C=O) groups excluding carboxylic acids is 1. The van der Waals surface area contributed by atoms with E-state index in [2.05, 4.69) is 31.5 Å². The zero-order valence-corrected chi connectivity index (χ0v) is 16.3. The number of amides is 1. The van der Waals surface area contributed by atoms with Crippen LogP contribution in [0.1, 0.15) is 18.4 Å². The monoisotopic (exact) mass is 425 g/mol. The highest BCUT2D eigenvalue weighted by Gasteiger charge is 2.23. The van der Waals surface area contributed by atoms with E-state index >= 15 is 0 Å². The largest absolute Gasteiger partial charge is 0.380 e. The minimum Gasteiger partial charge on any atom is -0.380 e. The van der Waals surface area contributed by atoms with Gasteiger partial charge in [-0.25, -0.2) is 0 Å². The summed E-state index contributed by atoms with van der Waals surface area (Å²) in [5.41, 5.74) is 3.84. The van der Waals surface area contributed by atoms with Crippen LogP contribution in [0, 0.1) is 0 Å². The summed E-state index contributed by atoms with van der Waals surface area (Å²) in [7, 11) is 0. The maximum Gasteiger partial charge on any atom is 0.253 e. The molecule has 1 unspecified atom stereocenters. The summed E-state index contributed by atoms with van der Waals surface area (Å²) in [5.74, 6) is -0.0664. The number of hydrogen-bond acceptors (Lipinski definition) is 4. The van der Waals surface area contributed by atoms with Gasteiger partial charge in [0, 0.05) is 40.6 Å². The number of benzene rings is 2. The number of pyridine rings is 1. The van der Waals surface area contributed by atoms with Crippen molar-refractivity contribution in [1.82, 2.24) is 4.98 Å². The van der Waals surface area contributed by atoms with E-state index in [1.54, 1.807) is 6.20 Å². The zero-order valence-electron chi connectivity index (χ0n) is 14.7. The fourth-order valence-corrected chi connectivity index (χ4v) is 3.59. The van der Waals surface area contributed by atoms with E-state index in [1.165, 1.54) is 0 Å². The van der Waals surface area contributed by atoms with Crippen molar-refractivity contribution < 1.29 is 9.53 Å². The van der Waals surface area contributed by atoms with Gasteiger partial charge in [0.05, 0.1) is 5.52 Å². The third-order valence-corrected chi connectivity index (χ3v) is 5.10. The number of aromatic nitrogens is 1. The number of ether oxygens (including phenoxy) is 1. The second-order valence-corrected chi connectivity index (χ2v) is 7.48. The lowest BCUT2D eigenvalue weighted by atomic mass is 10.1. The Hall–Kier alpha value is -2.44. The van der Waals surface area contributed by atoms with Crippen LogP contribution in [0.4, 0.5) is 11.4 Å². The number of nitrogens with one attached hydrogen (secondary N) is 2. The summed E-state index contributed by atoms with van der Waals surface area (Å²) in [6.45, 7) is 1.32. The number of anilines is 2. The van der Waals surface area contributed by atoms with Crippen molar-refractivity contribution in [3.05, 3.63) is 64.8 Å². The molecule has 0 aliphatic carbocycles. The number of halogens is 1. The zero-order chi connectivity index (χ0) is 18.6. The van der Waals surface area contributed by atoms with Gasteiger partial charge in [-0.2, -0.15) is 0 Å². The lowest BCUT2D eigenvalue weighted by molar-refractivity contribution is -0.124. The maximum atomic E-state index is 12.2. The molecule has 2 aromatic carbocycles. The van der Waals surface area contributed by atoms with E-state index in [0.29, 0.717) is 13.2 Å². The van der Waals surface area contributed by atoms with Crippen LogP contribution >= 0.6 is 15.9 Å². The summed E-state index contributed by atoms with van der Waals surface area (Å²) in [6.07, 6.45) is 3.21.